The molecule has 1 aromatic carbocycles. The number of halogens is 1. The van der Waals surface area contributed by atoms with E-state index in [4.69, 9.17) is 12.2 Å². The molecule has 0 heterocycles. The highest BCUT2D eigenvalue weighted by Crippen LogP contribution is 2.27. The van der Waals surface area contributed by atoms with E-state index in [1.165, 1.54) is 0 Å². The van der Waals surface area contributed by atoms with Gasteiger partial charge in [0, 0.05) is 22.1 Å². The van der Waals surface area contributed by atoms with Gasteiger partial charge in [-0.05, 0) is 31.0 Å². The number of aliphatic hydroxyl groups excluding tert-OH is 1. The smallest absolute Gasteiger partial charge is 0.0810 e. The molecule has 0 aliphatic rings. The number of unbranched alkanes of at least 4 members (excludes halogenated alkanes) is 1. The molecule has 3 N–H and O–H groups in total. The maximum Gasteiger partial charge on any atom is 0.0810 e. The standard InChI is InChI=1S/C12H14BrNO/c1-2-3-4-5-12(15)10-8-9(13)6-7-11(10)14/h1,6-8,12,15H,3-5,14H2. The molecule has 0 saturated carbocycles. The van der Waals surface area contributed by atoms with Gasteiger partial charge in [-0.25, -0.2) is 0 Å². The summed E-state index contributed by atoms with van der Waals surface area (Å²) in [7, 11) is 0. The second-order valence-electron chi connectivity index (χ2n) is 3.39. The molecule has 0 radical (unpaired) electrons. The Hall–Kier alpha value is -0.980. The predicted octanol–water partition coefficient (Wildman–Crippen LogP) is 2.87. The van der Waals surface area contributed by atoms with Gasteiger partial charge in [0.25, 0.3) is 0 Å². The minimum absolute atomic E-state index is 0.532. The molecule has 0 aromatic heterocycles. The van der Waals surface area contributed by atoms with E-state index >= 15 is 0 Å². The van der Waals surface area contributed by atoms with Gasteiger partial charge in [0.15, 0.2) is 0 Å². The molecule has 1 rings (SSSR count). The van der Waals surface area contributed by atoms with E-state index in [2.05, 4.69) is 21.9 Å². The fourth-order valence-electron chi connectivity index (χ4n) is 1.39. The summed E-state index contributed by atoms with van der Waals surface area (Å²) in [5.74, 6) is 2.55. The first kappa shape index (κ1) is 12.1. The van der Waals surface area contributed by atoms with Crippen LogP contribution in [0.15, 0.2) is 22.7 Å². The van der Waals surface area contributed by atoms with Gasteiger partial charge in [-0.3, -0.25) is 0 Å². The Kier molecular flexibility index (Phi) is 4.67. The monoisotopic (exact) mass is 267 g/mol. The molecule has 0 fully saturated rings. The summed E-state index contributed by atoms with van der Waals surface area (Å²) in [5, 5.41) is 9.88. The molecule has 2 nitrogen and oxygen atoms in total. The summed E-state index contributed by atoms with van der Waals surface area (Å²) in [6.45, 7) is 0. The quantitative estimate of drug-likeness (QED) is 0.501. The van der Waals surface area contributed by atoms with Crippen LogP contribution in [0.5, 0.6) is 0 Å². The van der Waals surface area contributed by atoms with E-state index in [1.54, 1.807) is 6.07 Å². The lowest BCUT2D eigenvalue weighted by Crippen LogP contribution is -2.02. The number of aliphatic hydroxyl groups is 1. The van der Waals surface area contributed by atoms with Crippen LogP contribution in [-0.4, -0.2) is 5.11 Å². The Bertz CT molecular complexity index is 370. The number of rotatable bonds is 4. The van der Waals surface area contributed by atoms with Gasteiger partial charge in [-0.2, -0.15) is 0 Å². The fourth-order valence-corrected chi connectivity index (χ4v) is 1.77. The minimum Gasteiger partial charge on any atom is -0.398 e. The van der Waals surface area contributed by atoms with Gasteiger partial charge in [0.1, 0.15) is 0 Å². The van der Waals surface area contributed by atoms with E-state index in [0.29, 0.717) is 18.5 Å². The second-order valence-corrected chi connectivity index (χ2v) is 4.30. The van der Waals surface area contributed by atoms with Crippen molar-refractivity contribution in [3.63, 3.8) is 0 Å². The summed E-state index contributed by atoms with van der Waals surface area (Å²) >= 11 is 3.35. The molecule has 0 saturated heterocycles. The molecule has 15 heavy (non-hydrogen) atoms. The highest BCUT2D eigenvalue weighted by atomic mass is 79.9. The zero-order chi connectivity index (χ0) is 11.3. The third-order valence-corrected chi connectivity index (χ3v) is 2.70. The number of terminal acetylenes is 1. The molecule has 1 atom stereocenters. The van der Waals surface area contributed by atoms with Crippen molar-refractivity contribution in [2.45, 2.75) is 25.4 Å². The van der Waals surface area contributed by atoms with E-state index in [9.17, 15) is 5.11 Å². The number of nitrogen functional groups attached to an aromatic ring is 1. The van der Waals surface area contributed by atoms with E-state index in [1.807, 2.05) is 12.1 Å². The molecule has 0 aliphatic carbocycles. The average Bonchev–Trinajstić information content (AvgIpc) is 2.22. The van der Waals surface area contributed by atoms with Crippen LogP contribution in [0.1, 0.15) is 30.9 Å². The van der Waals surface area contributed by atoms with Gasteiger partial charge in [0.2, 0.25) is 0 Å². The molecule has 0 spiro atoms. The fraction of sp³-hybridized carbons (Fsp3) is 0.333. The van der Waals surface area contributed by atoms with Crippen LogP contribution in [0.2, 0.25) is 0 Å². The second kappa shape index (κ2) is 5.79. The van der Waals surface area contributed by atoms with Crippen molar-refractivity contribution in [3.05, 3.63) is 28.2 Å². The van der Waals surface area contributed by atoms with Crippen LogP contribution in [0.4, 0.5) is 5.69 Å². The lowest BCUT2D eigenvalue weighted by molar-refractivity contribution is 0.166. The van der Waals surface area contributed by atoms with Gasteiger partial charge in [0.05, 0.1) is 6.10 Å². The number of nitrogens with two attached hydrogens (primary N) is 1. The summed E-state index contributed by atoms with van der Waals surface area (Å²) in [6.07, 6.45) is 6.75. The van der Waals surface area contributed by atoms with Crippen molar-refractivity contribution in [3.8, 4) is 12.3 Å². The molecule has 1 aromatic rings. The van der Waals surface area contributed by atoms with Crippen molar-refractivity contribution >= 4 is 21.6 Å². The van der Waals surface area contributed by atoms with E-state index < -0.39 is 6.10 Å². The van der Waals surface area contributed by atoms with E-state index in [-0.39, 0.29) is 0 Å². The van der Waals surface area contributed by atoms with Gasteiger partial charge in [-0.1, -0.05) is 15.9 Å². The number of hydrogen-bond donors (Lipinski definition) is 2. The van der Waals surface area contributed by atoms with Gasteiger partial charge in [-0.15, -0.1) is 12.3 Å². The number of anilines is 1. The zero-order valence-electron chi connectivity index (χ0n) is 8.41. The predicted molar refractivity (Wildman–Crippen MR) is 66.2 cm³/mol. The SMILES string of the molecule is C#CCCCC(O)c1cc(Br)ccc1N. The molecule has 0 amide bonds. The van der Waals surface area contributed by atoms with Crippen LogP contribution in [0, 0.1) is 12.3 Å². The summed E-state index contributed by atoms with van der Waals surface area (Å²) in [5.41, 5.74) is 7.16. The van der Waals surface area contributed by atoms with Crippen molar-refractivity contribution in [1.29, 1.82) is 0 Å². The van der Waals surface area contributed by atoms with Crippen molar-refractivity contribution in [2.24, 2.45) is 0 Å². The Morgan fingerprint density at radius 2 is 2.27 bits per heavy atom. The third-order valence-electron chi connectivity index (χ3n) is 2.21. The zero-order valence-corrected chi connectivity index (χ0v) is 10.00. The minimum atomic E-state index is -0.532. The summed E-state index contributed by atoms with van der Waals surface area (Å²) < 4.78 is 0.919. The van der Waals surface area contributed by atoms with Crippen LogP contribution in [0.25, 0.3) is 0 Å². The largest absolute Gasteiger partial charge is 0.398 e. The maximum atomic E-state index is 9.88. The molecule has 3 heteroatoms. The van der Waals surface area contributed by atoms with Crippen LogP contribution in [0.3, 0.4) is 0 Å². The molecule has 0 aliphatic heterocycles. The van der Waals surface area contributed by atoms with E-state index in [0.717, 1.165) is 16.5 Å². The Labute approximate surface area is 98.6 Å². The third kappa shape index (κ3) is 3.58. The normalized spacial score (nSPS) is 12.1. The van der Waals surface area contributed by atoms with Crippen LogP contribution < -0.4 is 5.73 Å². The first-order valence-corrected chi connectivity index (χ1v) is 5.61. The number of hydrogen-bond acceptors (Lipinski definition) is 2. The van der Waals surface area contributed by atoms with Gasteiger partial charge >= 0.3 is 0 Å². The summed E-state index contributed by atoms with van der Waals surface area (Å²) in [6, 6.07) is 5.48. The summed E-state index contributed by atoms with van der Waals surface area (Å²) in [4.78, 5) is 0. The van der Waals surface area contributed by atoms with Crippen LogP contribution in [-0.2, 0) is 0 Å². The first-order valence-electron chi connectivity index (χ1n) is 4.81. The Balaban J connectivity index is 2.69. The number of benzene rings is 1. The van der Waals surface area contributed by atoms with Gasteiger partial charge < -0.3 is 10.8 Å². The topological polar surface area (TPSA) is 46.2 Å². The highest BCUT2D eigenvalue weighted by Gasteiger charge is 2.10. The van der Waals surface area contributed by atoms with Crippen molar-refractivity contribution in [1.82, 2.24) is 0 Å². The molecule has 1 unspecified atom stereocenters. The average molecular weight is 268 g/mol. The highest BCUT2D eigenvalue weighted by molar-refractivity contribution is 9.10. The molecule has 0 bridgehead atoms. The first-order chi connectivity index (χ1) is 7.15. The lowest BCUT2D eigenvalue weighted by Gasteiger charge is -2.13. The van der Waals surface area contributed by atoms with Crippen molar-refractivity contribution in [2.75, 3.05) is 5.73 Å². The van der Waals surface area contributed by atoms with Crippen LogP contribution >= 0.6 is 15.9 Å². The molecule has 80 valence electrons. The Morgan fingerprint density at radius 3 is 2.93 bits per heavy atom. The van der Waals surface area contributed by atoms with Crippen molar-refractivity contribution < 1.29 is 5.11 Å². The Morgan fingerprint density at radius 1 is 1.53 bits per heavy atom. The maximum absolute atomic E-state index is 9.88. The molecular weight excluding hydrogens is 254 g/mol. The molecular formula is C12H14BrNO. The lowest BCUT2D eigenvalue weighted by atomic mass is 10.0.